The molecule has 0 unspecified atom stereocenters. The first-order chi connectivity index (χ1) is 3.30. The molecule has 2 N–H and O–H groups in total. The summed E-state index contributed by atoms with van der Waals surface area (Å²) in [6.45, 7) is 0. The highest BCUT2D eigenvalue weighted by Crippen LogP contribution is 2.23. The van der Waals surface area contributed by atoms with E-state index in [2.05, 4.69) is 15.9 Å². The number of halogens is 1. The van der Waals surface area contributed by atoms with Gasteiger partial charge in [-0.05, 0) is 27.4 Å². The molecule has 0 spiro atoms. The summed E-state index contributed by atoms with van der Waals surface area (Å²) in [4.78, 5) is 0. The minimum Gasteiger partial charge on any atom is -0.390 e. The molecule has 0 radical (unpaired) electrons. The van der Waals surface area contributed by atoms with E-state index in [1.807, 2.05) is 11.4 Å². The molecule has 1 aromatic heterocycles. The molecule has 7 heavy (non-hydrogen) atoms. The minimum absolute atomic E-state index is 0.847. The summed E-state index contributed by atoms with van der Waals surface area (Å²) in [5.74, 6) is 0. The molecular formula is C4H4BrNS. The summed E-state index contributed by atoms with van der Waals surface area (Å²) in [6.07, 6.45) is 0. The van der Waals surface area contributed by atoms with Crippen LogP contribution in [0.5, 0.6) is 0 Å². The average molecular weight is 178 g/mol. The Hall–Kier alpha value is -0.0200. The number of anilines is 1. The summed E-state index contributed by atoms with van der Waals surface area (Å²) in [5, 5.41) is 2.79. The smallest absolute Gasteiger partial charge is 0.100 e. The topological polar surface area (TPSA) is 26.0 Å². The Morgan fingerprint density at radius 1 is 1.71 bits per heavy atom. The van der Waals surface area contributed by atoms with Gasteiger partial charge in [0.2, 0.25) is 0 Å². The van der Waals surface area contributed by atoms with E-state index in [1.54, 1.807) is 0 Å². The predicted octanol–water partition coefficient (Wildman–Crippen LogP) is 2.09. The quantitative estimate of drug-likeness (QED) is 0.646. The summed E-state index contributed by atoms with van der Waals surface area (Å²) in [5.41, 5.74) is 5.41. The van der Waals surface area contributed by atoms with E-state index in [0.717, 1.165) is 9.47 Å². The summed E-state index contributed by atoms with van der Waals surface area (Å²) in [6, 6.07) is 1.93. The van der Waals surface area contributed by atoms with Crippen molar-refractivity contribution < 1.29 is 0 Å². The molecule has 0 atom stereocenters. The zero-order valence-electron chi connectivity index (χ0n) is 3.52. The van der Waals surface area contributed by atoms with Gasteiger partial charge in [0.25, 0.3) is 0 Å². The minimum atomic E-state index is 0.847. The molecular weight excluding hydrogens is 174 g/mol. The Labute approximate surface area is 54.3 Å². The zero-order valence-corrected chi connectivity index (χ0v) is 5.92. The van der Waals surface area contributed by atoms with Crippen LogP contribution in [0, 0.1) is 0 Å². The fourth-order valence-corrected chi connectivity index (χ4v) is 1.42. The lowest BCUT2D eigenvalue weighted by Crippen LogP contribution is -1.75. The van der Waals surface area contributed by atoms with Gasteiger partial charge in [0.1, 0.15) is 5.00 Å². The first kappa shape index (κ1) is 5.12. The van der Waals surface area contributed by atoms with Gasteiger partial charge in [-0.1, -0.05) is 0 Å². The molecule has 0 amide bonds. The molecule has 38 valence electrons. The second kappa shape index (κ2) is 1.84. The number of rotatable bonds is 0. The standard InChI is InChI=1S/C4H4BrNS/c5-3-1-2-7-4(3)6/h1-2H,6H2. The highest BCUT2D eigenvalue weighted by Gasteiger charge is 1.90. The molecule has 0 aromatic carbocycles. The van der Waals surface area contributed by atoms with Gasteiger partial charge < -0.3 is 5.73 Å². The van der Waals surface area contributed by atoms with Crippen molar-refractivity contribution in [2.75, 3.05) is 5.73 Å². The van der Waals surface area contributed by atoms with Crippen molar-refractivity contribution in [1.82, 2.24) is 0 Å². The van der Waals surface area contributed by atoms with Crippen molar-refractivity contribution in [2.24, 2.45) is 0 Å². The van der Waals surface area contributed by atoms with E-state index in [1.165, 1.54) is 11.3 Å². The fourth-order valence-electron chi connectivity index (χ4n) is 0.305. The van der Waals surface area contributed by atoms with E-state index >= 15 is 0 Å². The Morgan fingerprint density at radius 3 is 2.57 bits per heavy atom. The third kappa shape index (κ3) is 0.951. The zero-order chi connectivity index (χ0) is 5.28. The molecule has 3 heteroatoms. The van der Waals surface area contributed by atoms with Gasteiger partial charge in [0, 0.05) is 0 Å². The maximum absolute atomic E-state index is 5.41. The highest BCUT2D eigenvalue weighted by atomic mass is 79.9. The van der Waals surface area contributed by atoms with Gasteiger partial charge >= 0.3 is 0 Å². The fraction of sp³-hybridized carbons (Fsp3) is 0. The molecule has 1 nitrogen and oxygen atoms in total. The van der Waals surface area contributed by atoms with Crippen LogP contribution in [0.25, 0.3) is 0 Å². The maximum Gasteiger partial charge on any atom is 0.100 e. The lowest BCUT2D eigenvalue weighted by molar-refractivity contribution is 1.85. The van der Waals surface area contributed by atoms with Crippen molar-refractivity contribution >= 4 is 32.3 Å². The van der Waals surface area contributed by atoms with Gasteiger partial charge in [-0.15, -0.1) is 11.3 Å². The number of hydrogen-bond acceptors (Lipinski definition) is 2. The molecule has 0 aliphatic heterocycles. The number of thiophene rings is 1. The van der Waals surface area contributed by atoms with Crippen LogP contribution in [0.4, 0.5) is 5.00 Å². The third-order valence-electron chi connectivity index (χ3n) is 0.645. The molecule has 0 fully saturated rings. The van der Waals surface area contributed by atoms with Crippen LogP contribution in [0.2, 0.25) is 0 Å². The van der Waals surface area contributed by atoms with E-state index in [9.17, 15) is 0 Å². The monoisotopic (exact) mass is 177 g/mol. The number of hydrogen-bond donors (Lipinski definition) is 1. The van der Waals surface area contributed by atoms with Crippen LogP contribution < -0.4 is 5.73 Å². The lowest BCUT2D eigenvalue weighted by atomic mass is 10.6. The number of nitrogens with two attached hydrogens (primary N) is 1. The van der Waals surface area contributed by atoms with Gasteiger partial charge in [-0.3, -0.25) is 0 Å². The summed E-state index contributed by atoms with van der Waals surface area (Å²) in [7, 11) is 0. The van der Waals surface area contributed by atoms with Crippen molar-refractivity contribution in [1.29, 1.82) is 0 Å². The first-order valence-corrected chi connectivity index (χ1v) is 3.46. The van der Waals surface area contributed by atoms with Crippen molar-refractivity contribution in [3.8, 4) is 0 Å². The molecule has 0 saturated carbocycles. The number of nitrogen functional groups attached to an aromatic ring is 1. The van der Waals surface area contributed by atoms with E-state index in [-0.39, 0.29) is 0 Å². The third-order valence-corrected chi connectivity index (χ3v) is 2.34. The van der Waals surface area contributed by atoms with Crippen molar-refractivity contribution in [3.63, 3.8) is 0 Å². The van der Waals surface area contributed by atoms with Crippen molar-refractivity contribution in [2.45, 2.75) is 0 Å². The SMILES string of the molecule is Nc1sccc1Br. The Morgan fingerprint density at radius 2 is 2.43 bits per heavy atom. The van der Waals surface area contributed by atoms with Gasteiger partial charge in [-0.2, -0.15) is 0 Å². The molecule has 0 aliphatic carbocycles. The van der Waals surface area contributed by atoms with E-state index in [4.69, 9.17) is 5.73 Å². The molecule has 1 aromatic rings. The molecule has 1 rings (SSSR count). The van der Waals surface area contributed by atoms with Crippen LogP contribution in [-0.4, -0.2) is 0 Å². The van der Waals surface area contributed by atoms with Gasteiger partial charge in [0.05, 0.1) is 4.47 Å². The summed E-state index contributed by atoms with van der Waals surface area (Å²) >= 11 is 4.79. The second-order valence-corrected chi connectivity index (χ2v) is 2.93. The van der Waals surface area contributed by atoms with Crippen LogP contribution in [0.3, 0.4) is 0 Å². The van der Waals surface area contributed by atoms with E-state index in [0.29, 0.717) is 0 Å². The molecule has 1 heterocycles. The van der Waals surface area contributed by atoms with Crippen molar-refractivity contribution in [3.05, 3.63) is 15.9 Å². The molecule has 0 bridgehead atoms. The Balaban J connectivity index is 3.12. The first-order valence-electron chi connectivity index (χ1n) is 1.79. The Bertz CT molecular complexity index is 144. The van der Waals surface area contributed by atoms with Crippen LogP contribution >= 0.6 is 27.3 Å². The second-order valence-electron chi connectivity index (χ2n) is 1.13. The van der Waals surface area contributed by atoms with Crippen LogP contribution in [-0.2, 0) is 0 Å². The van der Waals surface area contributed by atoms with Gasteiger partial charge in [-0.25, -0.2) is 0 Å². The lowest BCUT2D eigenvalue weighted by Gasteiger charge is -1.78. The average Bonchev–Trinajstić information content (AvgIpc) is 1.91. The van der Waals surface area contributed by atoms with Crippen LogP contribution in [0.1, 0.15) is 0 Å². The largest absolute Gasteiger partial charge is 0.390 e. The van der Waals surface area contributed by atoms with Crippen LogP contribution in [0.15, 0.2) is 15.9 Å². The van der Waals surface area contributed by atoms with Gasteiger partial charge in [0.15, 0.2) is 0 Å². The predicted molar refractivity (Wildman–Crippen MR) is 36.4 cm³/mol. The molecule has 0 saturated heterocycles. The van der Waals surface area contributed by atoms with E-state index < -0.39 is 0 Å². The highest BCUT2D eigenvalue weighted by molar-refractivity contribution is 9.10. The maximum atomic E-state index is 5.41. The summed E-state index contributed by atoms with van der Waals surface area (Å²) < 4.78 is 0.998. The Kier molecular flexibility index (Phi) is 1.35. The normalized spacial score (nSPS) is 9.29. The molecule has 0 aliphatic rings.